The standard InChI is InChI=1S/C23H19F3N2O/c1-29-20-14-12-19(13-15-20)28-22(23(24,25)26)16-21(17-8-4-2-5-9-17)27-18-10-6-3-7-11-18/h2-16,28H,1H3/b22-16+,27-21?. The number of aliphatic imine (C=N–C) groups is 1. The maximum absolute atomic E-state index is 13.8. The highest BCUT2D eigenvalue weighted by atomic mass is 19.4. The number of para-hydroxylation sites is 1. The van der Waals surface area contributed by atoms with E-state index in [0.717, 1.165) is 6.08 Å². The fourth-order valence-electron chi connectivity index (χ4n) is 2.59. The highest BCUT2D eigenvalue weighted by molar-refractivity contribution is 6.10. The van der Waals surface area contributed by atoms with Crippen molar-refractivity contribution >= 4 is 17.1 Å². The summed E-state index contributed by atoms with van der Waals surface area (Å²) in [5.41, 5.74) is 0.719. The summed E-state index contributed by atoms with van der Waals surface area (Å²) in [5, 5.41) is 2.46. The van der Waals surface area contributed by atoms with Gasteiger partial charge in [0.15, 0.2) is 0 Å². The van der Waals surface area contributed by atoms with Crippen LogP contribution in [0.3, 0.4) is 0 Å². The first-order chi connectivity index (χ1) is 14.0. The minimum absolute atomic E-state index is 0.199. The molecule has 0 aliphatic heterocycles. The highest BCUT2D eigenvalue weighted by Crippen LogP contribution is 2.29. The Morgan fingerprint density at radius 1 is 0.862 bits per heavy atom. The summed E-state index contributed by atoms with van der Waals surface area (Å²) in [5.74, 6) is 0.559. The Labute approximate surface area is 167 Å². The van der Waals surface area contributed by atoms with Crippen LogP contribution < -0.4 is 10.1 Å². The fraction of sp³-hybridized carbons (Fsp3) is 0.0870. The average molecular weight is 396 g/mol. The number of halogens is 3. The zero-order valence-electron chi connectivity index (χ0n) is 15.6. The first-order valence-electron chi connectivity index (χ1n) is 8.85. The van der Waals surface area contributed by atoms with Gasteiger partial charge in [-0.3, -0.25) is 0 Å². The molecule has 0 amide bonds. The number of hydrogen-bond donors (Lipinski definition) is 1. The number of rotatable bonds is 6. The lowest BCUT2D eigenvalue weighted by Gasteiger charge is -2.15. The SMILES string of the molecule is COc1ccc(N/C(=C/C(=Nc2ccccc2)c2ccccc2)C(F)(F)F)cc1. The molecule has 3 nitrogen and oxygen atoms in total. The summed E-state index contributed by atoms with van der Waals surface area (Å²) in [6, 6.07) is 23.8. The van der Waals surface area contributed by atoms with Crippen LogP contribution in [-0.2, 0) is 0 Å². The van der Waals surface area contributed by atoms with Gasteiger partial charge in [-0.25, -0.2) is 4.99 Å². The summed E-state index contributed by atoms with van der Waals surface area (Å²) >= 11 is 0. The molecule has 0 aromatic heterocycles. The van der Waals surface area contributed by atoms with E-state index in [-0.39, 0.29) is 5.71 Å². The van der Waals surface area contributed by atoms with Gasteiger partial charge in [0.25, 0.3) is 0 Å². The van der Waals surface area contributed by atoms with Crippen molar-refractivity contribution in [2.75, 3.05) is 12.4 Å². The number of allylic oxidation sites excluding steroid dienone is 2. The van der Waals surface area contributed by atoms with E-state index in [4.69, 9.17) is 4.74 Å². The fourth-order valence-corrected chi connectivity index (χ4v) is 2.59. The maximum atomic E-state index is 13.8. The number of ether oxygens (including phenoxy) is 1. The van der Waals surface area contributed by atoms with E-state index < -0.39 is 11.9 Å². The number of nitrogens with one attached hydrogen (secondary N) is 1. The Kier molecular flexibility index (Phi) is 6.34. The molecule has 0 atom stereocenters. The Bertz CT molecular complexity index is 980. The van der Waals surface area contributed by atoms with E-state index in [9.17, 15) is 13.2 Å². The Morgan fingerprint density at radius 3 is 2.00 bits per heavy atom. The average Bonchev–Trinajstić information content (AvgIpc) is 2.74. The molecule has 0 radical (unpaired) electrons. The normalized spacial score (nSPS) is 12.6. The summed E-state index contributed by atoms with van der Waals surface area (Å²) < 4.78 is 46.3. The molecule has 148 valence electrons. The monoisotopic (exact) mass is 396 g/mol. The molecule has 29 heavy (non-hydrogen) atoms. The third-order valence-electron chi connectivity index (χ3n) is 4.03. The van der Waals surface area contributed by atoms with E-state index in [0.29, 0.717) is 22.7 Å². The number of methoxy groups -OCH3 is 1. The Morgan fingerprint density at radius 2 is 1.45 bits per heavy atom. The van der Waals surface area contributed by atoms with Crippen LogP contribution in [0.5, 0.6) is 5.75 Å². The van der Waals surface area contributed by atoms with Gasteiger partial charge in [0.05, 0.1) is 18.5 Å². The van der Waals surface area contributed by atoms with Gasteiger partial charge in [0.2, 0.25) is 0 Å². The van der Waals surface area contributed by atoms with E-state index >= 15 is 0 Å². The van der Waals surface area contributed by atoms with Crippen molar-refractivity contribution in [1.82, 2.24) is 0 Å². The van der Waals surface area contributed by atoms with Crippen molar-refractivity contribution < 1.29 is 17.9 Å². The number of nitrogens with zero attached hydrogens (tertiary/aromatic N) is 1. The van der Waals surface area contributed by atoms with Crippen LogP contribution in [0.15, 0.2) is 102 Å². The van der Waals surface area contributed by atoms with Gasteiger partial charge in [-0.1, -0.05) is 48.5 Å². The van der Waals surface area contributed by atoms with E-state index in [1.807, 2.05) is 6.07 Å². The van der Waals surface area contributed by atoms with Gasteiger partial charge in [-0.2, -0.15) is 13.2 Å². The second-order valence-electron chi connectivity index (χ2n) is 6.11. The lowest BCUT2D eigenvalue weighted by molar-refractivity contribution is -0.0901. The number of hydrogen-bond acceptors (Lipinski definition) is 3. The van der Waals surface area contributed by atoms with Gasteiger partial charge >= 0.3 is 6.18 Å². The highest BCUT2D eigenvalue weighted by Gasteiger charge is 2.34. The molecular formula is C23H19F3N2O. The Hall–Kier alpha value is -3.54. The quantitative estimate of drug-likeness (QED) is 0.491. The summed E-state index contributed by atoms with van der Waals surface area (Å²) in [6.45, 7) is 0. The molecule has 1 N–H and O–H groups in total. The third kappa shape index (κ3) is 5.72. The summed E-state index contributed by atoms with van der Waals surface area (Å²) in [6.07, 6.45) is -3.57. The lowest BCUT2D eigenvalue weighted by Crippen LogP contribution is -2.20. The second-order valence-corrected chi connectivity index (χ2v) is 6.11. The zero-order valence-corrected chi connectivity index (χ0v) is 15.6. The van der Waals surface area contributed by atoms with Crippen LogP contribution in [0.25, 0.3) is 0 Å². The molecule has 6 heteroatoms. The smallest absolute Gasteiger partial charge is 0.431 e. The number of alkyl halides is 3. The molecule has 0 aliphatic carbocycles. The van der Waals surface area contributed by atoms with Gasteiger partial charge < -0.3 is 10.1 Å². The molecule has 0 spiro atoms. The lowest BCUT2D eigenvalue weighted by atomic mass is 10.1. The van der Waals surface area contributed by atoms with Crippen LogP contribution in [0.1, 0.15) is 5.56 Å². The minimum Gasteiger partial charge on any atom is -0.497 e. The molecule has 3 aromatic carbocycles. The second kappa shape index (κ2) is 9.10. The third-order valence-corrected chi connectivity index (χ3v) is 4.03. The van der Waals surface area contributed by atoms with E-state index in [2.05, 4.69) is 10.3 Å². The molecule has 3 aromatic rings. The zero-order chi connectivity index (χ0) is 20.7. The van der Waals surface area contributed by atoms with Gasteiger partial charge in [-0.05, 0) is 42.5 Å². The predicted molar refractivity (Wildman–Crippen MR) is 110 cm³/mol. The van der Waals surface area contributed by atoms with Gasteiger partial charge in [-0.15, -0.1) is 0 Å². The summed E-state index contributed by atoms with van der Waals surface area (Å²) in [4.78, 5) is 4.43. The van der Waals surface area contributed by atoms with Crippen LogP contribution in [0, 0.1) is 0 Å². The molecule has 0 saturated heterocycles. The molecule has 0 fully saturated rings. The molecule has 0 unspecified atom stereocenters. The molecule has 3 rings (SSSR count). The van der Waals surface area contributed by atoms with Crippen LogP contribution in [0.2, 0.25) is 0 Å². The van der Waals surface area contributed by atoms with E-state index in [1.54, 1.807) is 66.7 Å². The molecule has 0 saturated carbocycles. The Balaban J connectivity index is 2.04. The molecular weight excluding hydrogens is 377 g/mol. The topological polar surface area (TPSA) is 33.6 Å². The van der Waals surface area contributed by atoms with Crippen LogP contribution >= 0.6 is 0 Å². The first kappa shape index (κ1) is 20.2. The van der Waals surface area contributed by atoms with Crippen molar-refractivity contribution in [2.45, 2.75) is 6.18 Å². The summed E-state index contributed by atoms with van der Waals surface area (Å²) in [7, 11) is 1.50. The van der Waals surface area contributed by atoms with E-state index in [1.165, 1.54) is 19.2 Å². The molecule has 0 bridgehead atoms. The predicted octanol–water partition coefficient (Wildman–Crippen LogP) is 6.37. The van der Waals surface area contributed by atoms with Crippen molar-refractivity contribution in [3.63, 3.8) is 0 Å². The molecule has 0 aliphatic rings. The largest absolute Gasteiger partial charge is 0.497 e. The minimum atomic E-state index is -4.59. The van der Waals surface area contributed by atoms with Crippen LogP contribution in [-0.4, -0.2) is 19.0 Å². The van der Waals surface area contributed by atoms with Crippen molar-refractivity contribution in [2.24, 2.45) is 4.99 Å². The van der Waals surface area contributed by atoms with Gasteiger partial charge in [0.1, 0.15) is 11.4 Å². The van der Waals surface area contributed by atoms with Gasteiger partial charge in [0, 0.05) is 11.3 Å². The van der Waals surface area contributed by atoms with Crippen LogP contribution in [0.4, 0.5) is 24.5 Å². The number of benzene rings is 3. The first-order valence-corrected chi connectivity index (χ1v) is 8.85. The van der Waals surface area contributed by atoms with Crippen molar-refractivity contribution in [3.8, 4) is 5.75 Å². The van der Waals surface area contributed by atoms with Crippen molar-refractivity contribution in [1.29, 1.82) is 0 Å². The maximum Gasteiger partial charge on any atom is 0.431 e. The number of anilines is 1. The van der Waals surface area contributed by atoms with Crippen molar-refractivity contribution in [3.05, 3.63) is 102 Å². The molecule has 0 heterocycles.